The van der Waals surface area contributed by atoms with E-state index in [4.69, 9.17) is 21.2 Å². The third kappa shape index (κ3) is 5.22. The fraction of sp³-hybridized carbons (Fsp3) is 0.263. The van der Waals surface area contributed by atoms with Crippen molar-refractivity contribution >= 4 is 29.1 Å². The van der Waals surface area contributed by atoms with Crippen molar-refractivity contribution in [2.45, 2.75) is 26.4 Å². The van der Waals surface area contributed by atoms with Crippen LogP contribution in [0.2, 0.25) is 5.02 Å². The molecule has 0 unspecified atom stereocenters. The molecule has 25 heavy (non-hydrogen) atoms. The molecule has 0 saturated carbocycles. The van der Waals surface area contributed by atoms with Gasteiger partial charge < -0.3 is 9.57 Å². The Hall–Kier alpha value is -2.53. The van der Waals surface area contributed by atoms with Gasteiger partial charge in [0.1, 0.15) is 12.7 Å². The summed E-state index contributed by atoms with van der Waals surface area (Å²) in [6, 6.07) is 14.5. The van der Waals surface area contributed by atoms with Gasteiger partial charge in [0.05, 0.1) is 5.71 Å². The number of hydrogen-bond acceptors (Lipinski definition) is 4. The number of oxime groups is 1. The average Bonchev–Trinajstić information content (AvgIpc) is 2.57. The van der Waals surface area contributed by atoms with Crippen molar-refractivity contribution in [2.75, 3.05) is 12.4 Å². The molecule has 0 atom stereocenters. The monoisotopic (exact) mass is 360 g/mol. The molecule has 132 valence electrons. The number of amides is 1. The maximum absolute atomic E-state index is 12.2. The number of carbonyl (C=O) groups excluding carboxylic acids is 1. The largest absolute Gasteiger partial charge is 0.438 e. The minimum absolute atomic E-state index is 0.542. The minimum atomic E-state index is -0.820. The van der Waals surface area contributed by atoms with Gasteiger partial charge in [-0.05, 0) is 62.2 Å². The lowest BCUT2D eigenvalue weighted by molar-refractivity contribution is 0.0466. The third-order valence-corrected chi connectivity index (χ3v) is 3.89. The van der Waals surface area contributed by atoms with Gasteiger partial charge >= 0.3 is 6.09 Å². The van der Waals surface area contributed by atoms with E-state index in [9.17, 15) is 4.79 Å². The Balaban J connectivity index is 2.12. The zero-order chi connectivity index (χ0) is 18.4. The Labute approximate surface area is 152 Å². The number of benzene rings is 2. The van der Waals surface area contributed by atoms with Gasteiger partial charge in [-0.15, -0.1) is 0 Å². The summed E-state index contributed by atoms with van der Waals surface area (Å²) >= 11 is 5.83. The highest BCUT2D eigenvalue weighted by atomic mass is 35.5. The number of rotatable bonds is 5. The molecule has 2 aromatic rings. The molecule has 0 aliphatic rings. The van der Waals surface area contributed by atoms with Crippen molar-refractivity contribution < 1.29 is 14.4 Å². The molecule has 0 fully saturated rings. The molecule has 0 aliphatic carbocycles. The Morgan fingerprint density at radius 2 is 1.84 bits per heavy atom. The van der Waals surface area contributed by atoms with Gasteiger partial charge in [0, 0.05) is 10.7 Å². The highest BCUT2D eigenvalue weighted by Crippen LogP contribution is 2.26. The molecule has 6 heteroatoms. The van der Waals surface area contributed by atoms with Gasteiger partial charge in [0.25, 0.3) is 0 Å². The minimum Gasteiger partial charge on any atom is -0.438 e. The summed E-state index contributed by atoms with van der Waals surface area (Å²) < 4.78 is 5.60. The standard InChI is InChI=1S/C19H21ClN2O3/c1-13(22-24-4)14-6-5-7-15(12-14)19(2,3)25-18(23)21-17-10-8-16(20)9-11-17/h5-12H,1-4H3,(H,21,23). The smallest absolute Gasteiger partial charge is 0.412 e. The van der Waals surface area contributed by atoms with E-state index in [1.807, 2.05) is 45.0 Å². The molecule has 5 nitrogen and oxygen atoms in total. The molecule has 0 saturated heterocycles. The molecule has 0 aromatic heterocycles. The van der Waals surface area contributed by atoms with Crippen LogP contribution in [0, 0.1) is 0 Å². The summed E-state index contributed by atoms with van der Waals surface area (Å²) in [7, 11) is 1.50. The number of halogens is 1. The van der Waals surface area contributed by atoms with E-state index >= 15 is 0 Å². The van der Waals surface area contributed by atoms with E-state index < -0.39 is 11.7 Å². The summed E-state index contributed by atoms with van der Waals surface area (Å²) in [5, 5.41) is 7.22. The lowest BCUT2D eigenvalue weighted by atomic mass is 9.95. The van der Waals surface area contributed by atoms with Crippen molar-refractivity contribution in [1.29, 1.82) is 0 Å². The van der Waals surface area contributed by atoms with Crippen LogP contribution in [0.1, 0.15) is 31.9 Å². The molecule has 0 bridgehead atoms. The fourth-order valence-electron chi connectivity index (χ4n) is 2.28. The normalized spacial score (nSPS) is 11.8. The van der Waals surface area contributed by atoms with Gasteiger partial charge in [-0.3, -0.25) is 5.32 Å². The maximum Gasteiger partial charge on any atom is 0.412 e. The van der Waals surface area contributed by atoms with Crippen LogP contribution in [0.25, 0.3) is 0 Å². The van der Waals surface area contributed by atoms with Crippen molar-refractivity contribution in [1.82, 2.24) is 0 Å². The molecular formula is C19H21ClN2O3. The van der Waals surface area contributed by atoms with Crippen molar-refractivity contribution in [3.8, 4) is 0 Å². The van der Waals surface area contributed by atoms with Crippen LogP contribution in [-0.2, 0) is 15.2 Å². The first kappa shape index (κ1) is 18.8. The maximum atomic E-state index is 12.2. The van der Waals surface area contributed by atoms with Crippen LogP contribution in [-0.4, -0.2) is 18.9 Å². The molecule has 0 heterocycles. The highest BCUT2D eigenvalue weighted by molar-refractivity contribution is 6.30. The first-order chi connectivity index (χ1) is 11.8. The number of hydrogen-bond donors (Lipinski definition) is 1. The Kier molecular flexibility index (Phi) is 6.04. The van der Waals surface area contributed by atoms with E-state index in [1.54, 1.807) is 24.3 Å². The lowest BCUT2D eigenvalue weighted by Gasteiger charge is -2.26. The second-order valence-corrected chi connectivity index (χ2v) is 6.41. The Morgan fingerprint density at radius 1 is 1.16 bits per heavy atom. The molecule has 1 amide bonds. The van der Waals surface area contributed by atoms with E-state index in [0.717, 1.165) is 16.8 Å². The van der Waals surface area contributed by atoms with Crippen LogP contribution in [0.5, 0.6) is 0 Å². The van der Waals surface area contributed by atoms with E-state index in [1.165, 1.54) is 7.11 Å². The summed E-state index contributed by atoms with van der Waals surface area (Å²) in [6.07, 6.45) is -0.542. The molecular weight excluding hydrogens is 340 g/mol. The molecule has 0 aliphatic heterocycles. The topological polar surface area (TPSA) is 59.9 Å². The predicted octanol–water partition coefficient (Wildman–Crippen LogP) is 5.19. The van der Waals surface area contributed by atoms with Crippen LogP contribution in [0.3, 0.4) is 0 Å². The molecule has 0 radical (unpaired) electrons. The Morgan fingerprint density at radius 3 is 2.48 bits per heavy atom. The zero-order valence-electron chi connectivity index (χ0n) is 14.7. The molecule has 2 rings (SSSR count). The van der Waals surface area contributed by atoms with Gasteiger partial charge in [-0.1, -0.05) is 35.0 Å². The van der Waals surface area contributed by atoms with Crippen LogP contribution >= 0.6 is 11.6 Å². The second kappa shape index (κ2) is 8.03. The first-order valence-electron chi connectivity index (χ1n) is 7.76. The van der Waals surface area contributed by atoms with Gasteiger partial charge in [-0.25, -0.2) is 4.79 Å². The van der Waals surface area contributed by atoms with E-state index in [-0.39, 0.29) is 0 Å². The van der Waals surface area contributed by atoms with Crippen molar-refractivity contribution in [3.05, 3.63) is 64.7 Å². The zero-order valence-corrected chi connectivity index (χ0v) is 15.4. The predicted molar refractivity (Wildman–Crippen MR) is 100 cm³/mol. The highest BCUT2D eigenvalue weighted by Gasteiger charge is 2.26. The van der Waals surface area contributed by atoms with Crippen LogP contribution in [0.4, 0.5) is 10.5 Å². The van der Waals surface area contributed by atoms with Gasteiger partial charge in [0.15, 0.2) is 0 Å². The average molecular weight is 361 g/mol. The number of ether oxygens (including phenoxy) is 1. The van der Waals surface area contributed by atoms with E-state index in [0.29, 0.717) is 10.7 Å². The van der Waals surface area contributed by atoms with Crippen LogP contribution < -0.4 is 5.32 Å². The van der Waals surface area contributed by atoms with Crippen molar-refractivity contribution in [2.24, 2.45) is 5.16 Å². The second-order valence-electron chi connectivity index (χ2n) is 5.97. The van der Waals surface area contributed by atoms with Crippen LogP contribution in [0.15, 0.2) is 53.7 Å². The number of nitrogens with one attached hydrogen (secondary N) is 1. The van der Waals surface area contributed by atoms with Crippen molar-refractivity contribution in [3.63, 3.8) is 0 Å². The Bertz CT molecular complexity index is 770. The summed E-state index contributed by atoms with van der Waals surface area (Å²) in [5.74, 6) is 0. The summed E-state index contributed by atoms with van der Waals surface area (Å²) in [5.41, 5.74) is 2.28. The van der Waals surface area contributed by atoms with Gasteiger partial charge in [0.2, 0.25) is 0 Å². The SMILES string of the molecule is CON=C(C)c1cccc(C(C)(C)OC(=O)Nc2ccc(Cl)cc2)c1. The van der Waals surface area contributed by atoms with Gasteiger partial charge in [-0.2, -0.15) is 0 Å². The molecule has 2 aromatic carbocycles. The first-order valence-corrected chi connectivity index (χ1v) is 8.14. The number of anilines is 1. The summed E-state index contributed by atoms with van der Waals surface area (Å²) in [6.45, 7) is 5.51. The third-order valence-electron chi connectivity index (χ3n) is 3.64. The number of nitrogens with zero attached hydrogens (tertiary/aromatic N) is 1. The quantitative estimate of drug-likeness (QED) is 0.589. The van der Waals surface area contributed by atoms with E-state index in [2.05, 4.69) is 10.5 Å². The summed E-state index contributed by atoms with van der Waals surface area (Å²) in [4.78, 5) is 17.0. The fourth-order valence-corrected chi connectivity index (χ4v) is 2.40. The lowest BCUT2D eigenvalue weighted by Crippen LogP contribution is -2.28. The molecule has 1 N–H and O–H groups in total. The number of carbonyl (C=O) groups is 1. The molecule has 0 spiro atoms.